The fraction of sp³-hybridized carbons (Fsp3) is 0.421. The standard InChI is InChI=1S/C19H17F7N2O2/c20-6-17(7-21)9-30-15-12(17)5-13(18(29,8-27)16(22)23)28-14(15)10-1-3-11(4-2-10)19(24,25)26/h1-5,16,29H,6-9,27H2/t18-/m0/s1. The van der Waals surface area contributed by atoms with Crippen molar-refractivity contribution < 1.29 is 40.6 Å². The summed E-state index contributed by atoms with van der Waals surface area (Å²) in [6.07, 6.45) is -8.00. The quantitative estimate of drug-likeness (QED) is 0.675. The van der Waals surface area contributed by atoms with E-state index in [4.69, 9.17) is 10.5 Å². The first kappa shape index (κ1) is 22.3. The van der Waals surface area contributed by atoms with E-state index in [0.29, 0.717) is 0 Å². The lowest BCUT2D eigenvalue weighted by atomic mass is 9.83. The van der Waals surface area contributed by atoms with E-state index in [1.165, 1.54) is 0 Å². The van der Waals surface area contributed by atoms with E-state index in [1.807, 2.05) is 0 Å². The van der Waals surface area contributed by atoms with Crippen LogP contribution in [0.3, 0.4) is 0 Å². The number of nitrogens with zero attached hydrogens (tertiary/aromatic N) is 1. The molecule has 2 heterocycles. The van der Waals surface area contributed by atoms with Crippen LogP contribution in [0.4, 0.5) is 30.7 Å². The third-order valence-electron chi connectivity index (χ3n) is 5.15. The molecule has 2 aromatic rings. The average molecular weight is 438 g/mol. The highest BCUT2D eigenvalue weighted by atomic mass is 19.4. The maximum atomic E-state index is 13.7. The highest BCUT2D eigenvalue weighted by Crippen LogP contribution is 2.47. The third kappa shape index (κ3) is 3.49. The summed E-state index contributed by atoms with van der Waals surface area (Å²) in [5.74, 6) is -0.151. The summed E-state index contributed by atoms with van der Waals surface area (Å²) in [5.41, 5.74) is -1.44. The van der Waals surface area contributed by atoms with Gasteiger partial charge in [0.1, 0.15) is 31.4 Å². The molecule has 3 rings (SSSR count). The second-order valence-electron chi connectivity index (χ2n) is 7.07. The second kappa shape index (κ2) is 7.69. The topological polar surface area (TPSA) is 68.4 Å². The smallest absolute Gasteiger partial charge is 0.416 e. The van der Waals surface area contributed by atoms with E-state index in [0.717, 1.165) is 30.3 Å². The normalized spacial score (nSPS) is 17.5. The lowest BCUT2D eigenvalue weighted by molar-refractivity contribution is -0.137. The Bertz CT molecular complexity index is 914. The maximum absolute atomic E-state index is 13.7. The molecular weight excluding hydrogens is 421 g/mol. The summed E-state index contributed by atoms with van der Waals surface area (Å²) in [4.78, 5) is 3.94. The zero-order valence-corrected chi connectivity index (χ0v) is 15.3. The first-order chi connectivity index (χ1) is 14.0. The van der Waals surface area contributed by atoms with E-state index in [2.05, 4.69) is 4.98 Å². The van der Waals surface area contributed by atoms with Crippen LogP contribution in [-0.4, -0.2) is 43.0 Å². The first-order valence-corrected chi connectivity index (χ1v) is 8.71. The van der Waals surface area contributed by atoms with Gasteiger partial charge in [0.2, 0.25) is 0 Å². The predicted octanol–water partition coefficient (Wildman–Crippen LogP) is 3.75. The van der Waals surface area contributed by atoms with Gasteiger partial charge < -0.3 is 15.6 Å². The van der Waals surface area contributed by atoms with Gasteiger partial charge >= 0.3 is 6.18 Å². The third-order valence-corrected chi connectivity index (χ3v) is 5.15. The van der Waals surface area contributed by atoms with E-state index in [1.54, 1.807) is 0 Å². The molecule has 3 N–H and O–H groups in total. The summed E-state index contributed by atoms with van der Waals surface area (Å²) in [7, 11) is 0. The molecule has 164 valence electrons. The molecule has 0 aliphatic carbocycles. The van der Waals surface area contributed by atoms with Gasteiger partial charge in [-0.3, -0.25) is 0 Å². The van der Waals surface area contributed by atoms with Crippen molar-refractivity contribution in [2.75, 3.05) is 26.5 Å². The molecule has 1 aromatic heterocycles. The number of aromatic nitrogens is 1. The minimum Gasteiger partial charge on any atom is -0.490 e. The van der Waals surface area contributed by atoms with E-state index in [9.17, 15) is 35.8 Å². The second-order valence-corrected chi connectivity index (χ2v) is 7.07. The molecule has 0 fully saturated rings. The van der Waals surface area contributed by atoms with Crippen LogP contribution < -0.4 is 10.5 Å². The Kier molecular flexibility index (Phi) is 5.72. The Morgan fingerprint density at radius 1 is 1.13 bits per heavy atom. The number of nitrogens with two attached hydrogens (primary N) is 1. The summed E-state index contributed by atoms with van der Waals surface area (Å²) in [6.45, 7) is -3.89. The minimum absolute atomic E-state index is 0.0169. The van der Waals surface area contributed by atoms with Crippen LogP contribution in [0.15, 0.2) is 30.3 Å². The molecule has 0 amide bonds. The number of alkyl halides is 7. The molecule has 0 radical (unpaired) electrons. The summed E-state index contributed by atoms with van der Waals surface area (Å²) >= 11 is 0. The number of rotatable bonds is 6. The molecule has 30 heavy (non-hydrogen) atoms. The average Bonchev–Trinajstić information content (AvgIpc) is 3.11. The van der Waals surface area contributed by atoms with E-state index in [-0.39, 0.29) is 22.6 Å². The van der Waals surface area contributed by atoms with Crippen LogP contribution in [0.25, 0.3) is 11.3 Å². The molecule has 1 aliphatic heterocycles. The maximum Gasteiger partial charge on any atom is 0.416 e. The zero-order chi connectivity index (χ0) is 22.3. The molecule has 0 saturated heterocycles. The van der Waals surface area contributed by atoms with Crippen LogP contribution in [0.2, 0.25) is 0 Å². The van der Waals surface area contributed by atoms with E-state index >= 15 is 0 Å². The van der Waals surface area contributed by atoms with Crippen LogP contribution in [0.1, 0.15) is 16.8 Å². The van der Waals surface area contributed by atoms with Crippen molar-refractivity contribution in [1.82, 2.24) is 4.98 Å². The molecular formula is C19H17F7N2O2. The molecule has 0 spiro atoms. The van der Waals surface area contributed by atoms with Crippen LogP contribution >= 0.6 is 0 Å². The molecule has 0 bridgehead atoms. The molecule has 4 nitrogen and oxygen atoms in total. The Labute approximate surface area is 166 Å². The fourth-order valence-electron chi connectivity index (χ4n) is 3.16. The number of fused-ring (bicyclic) bond motifs is 1. The van der Waals surface area contributed by atoms with Crippen molar-refractivity contribution >= 4 is 0 Å². The van der Waals surface area contributed by atoms with Crippen molar-refractivity contribution in [3.8, 4) is 17.0 Å². The molecule has 11 heteroatoms. The highest BCUT2D eigenvalue weighted by Gasteiger charge is 2.47. The van der Waals surface area contributed by atoms with Crippen molar-refractivity contribution in [1.29, 1.82) is 0 Å². The summed E-state index contributed by atoms with van der Waals surface area (Å²) in [6, 6.07) is 4.43. The van der Waals surface area contributed by atoms with Gasteiger partial charge in [0.15, 0.2) is 5.60 Å². The fourth-order valence-corrected chi connectivity index (χ4v) is 3.16. The monoisotopic (exact) mass is 438 g/mol. The zero-order valence-electron chi connectivity index (χ0n) is 15.3. The predicted molar refractivity (Wildman–Crippen MR) is 92.8 cm³/mol. The number of hydrogen-bond acceptors (Lipinski definition) is 4. The Morgan fingerprint density at radius 3 is 2.20 bits per heavy atom. The van der Waals surface area contributed by atoms with Gasteiger partial charge in [0.25, 0.3) is 6.43 Å². The van der Waals surface area contributed by atoms with Gasteiger partial charge in [-0.1, -0.05) is 12.1 Å². The van der Waals surface area contributed by atoms with Gasteiger partial charge in [0, 0.05) is 17.7 Å². The molecule has 1 aromatic carbocycles. The van der Waals surface area contributed by atoms with Gasteiger partial charge in [-0.25, -0.2) is 22.5 Å². The summed E-state index contributed by atoms with van der Waals surface area (Å²) < 4.78 is 98.4. The number of benzene rings is 1. The van der Waals surface area contributed by atoms with Gasteiger partial charge in [0.05, 0.1) is 16.7 Å². The molecule has 0 saturated carbocycles. The van der Waals surface area contributed by atoms with Crippen molar-refractivity contribution in [3.63, 3.8) is 0 Å². The Balaban J connectivity index is 2.25. The number of aliphatic hydroxyl groups is 1. The Hall–Kier alpha value is -2.40. The van der Waals surface area contributed by atoms with Gasteiger partial charge in [-0.15, -0.1) is 0 Å². The number of halogens is 7. The van der Waals surface area contributed by atoms with Gasteiger partial charge in [-0.05, 0) is 18.2 Å². The van der Waals surface area contributed by atoms with Crippen molar-refractivity contribution in [2.24, 2.45) is 5.73 Å². The van der Waals surface area contributed by atoms with E-state index < -0.39 is 61.4 Å². The highest BCUT2D eigenvalue weighted by molar-refractivity contribution is 5.71. The lowest BCUT2D eigenvalue weighted by Gasteiger charge is -2.27. The Morgan fingerprint density at radius 2 is 1.73 bits per heavy atom. The number of ether oxygens (including phenoxy) is 1. The van der Waals surface area contributed by atoms with Crippen LogP contribution in [-0.2, 0) is 17.2 Å². The summed E-state index contributed by atoms with van der Waals surface area (Å²) in [5, 5.41) is 10.3. The first-order valence-electron chi connectivity index (χ1n) is 8.71. The SMILES string of the molecule is NC[C@](O)(c1cc2c(c(-c3ccc(C(F)(F)F)cc3)n1)OCC2(CF)CF)C(F)F. The van der Waals surface area contributed by atoms with Crippen molar-refractivity contribution in [3.05, 3.63) is 47.2 Å². The lowest BCUT2D eigenvalue weighted by Crippen LogP contribution is -2.43. The number of hydrogen-bond donors (Lipinski definition) is 2. The minimum atomic E-state index is -4.61. The largest absolute Gasteiger partial charge is 0.490 e. The molecule has 1 aliphatic rings. The molecule has 0 unspecified atom stereocenters. The van der Waals surface area contributed by atoms with Crippen LogP contribution in [0.5, 0.6) is 5.75 Å². The van der Waals surface area contributed by atoms with Crippen LogP contribution in [0, 0.1) is 0 Å². The number of pyridine rings is 1. The van der Waals surface area contributed by atoms with Gasteiger partial charge in [-0.2, -0.15) is 13.2 Å². The van der Waals surface area contributed by atoms with Crippen molar-refractivity contribution in [2.45, 2.75) is 23.6 Å². The molecule has 1 atom stereocenters.